The molecule has 0 aromatic heterocycles. The molecule has 0 aromatic carbocycles. The Kier molecular flexibility index (Phi) is 5.94. The van der Waals surface area contributed by atoms with Crippen LogP contribution >= 0.6 is 0 Å². The Hall–Kier alpha value is -1.05. The molecule has 152 valence electrons. The fourth-order valence-electron chi connectivity index (χ4n) is 7.38. The van der Waals surface area contributed by atoms with E-state index in [4.69, 9.17) is 0 Å². The van der Waals surface area contributed by atoms with Crippen LogP contribution in [0, 0.1) is 34.5 Å². The maximum absolute atomic E-state index is 11.7. The highest BCUT2D eigenvalue weighted by Crippen LogP contribution is 2.71. The highest BCUT2D eigenvalue weighted by molar-refractivity contribution is 5.70. The Morgan fingerprint density at radius 3 is 2.59 bits per heavy atom. The summed E-state index contributed by atoms with van der Waals surface area (Å²) in [7, 11) is 0. The van der Waals surface area contributed by atoms with Gasteiger partial charge in [-0.3, -0.25) is 4.79 Å². The molecule has 2 heteroatoms. The number of allylic oxidation sites excluding steroid dienone is 3. The van der Waals surface area contributed by atoms with Crippen LogP contribution in [-0.2, 0) is 4.79 Å². The lowest BCUT2D eigenvalue weighted by Gasteiger charge is -2.56. The van der Waals surface area contributed by atoms with E-state index >= 15 is 0 Å². The second-order valence-electron chi connectivity index (χ2n) is 10.4. The van der Waals surface area contributed by atoms with Gasteiger partial charge in [0.05, 0.1) is 5.92 Å². The van der Waals surface area contributed by atoms with Gasteiger partial charge in [0.25, 0.3) is 0 Å². The van der Waals surface area contributed by atoms with Crippen LogP contribution in [0.5, 0.6) is 0 Å². The molecule has 27 heavy (non-hydrogen) atoms. The molecule has 3 saturated carbocycles. The average molecular weight is 373 g/mol. The summed E-state index contributed by atoms with van der Waals surface area (Å²) >= 11 is 0. The summed E-state index contributed by atoms with van der Waals surface area (Å²) in [5, 5.41) is 9.62. The molecule has 2 nitrogen and oxygen atoms in total. The van der Waals surface area contributed by atoms with Crippen LogP contribution in [0.2, 0.25) is 0 Å². The smallest absolute Gasteiger partial charge is 0.306 e. The largest absolute Gasteiger partial charge is 0.481 e. The number of hydrogen-bond acceptors (Lipinski definition) is 1. The highest BCUT2D eigenvalue weighted by atomic mass is 16.4. The molecule has 0 bridgehead atoms. The lowest BCUT2D eigenvalue weighted by Crippen LogP contribution is -2.48. The Morgan fingerprint density at radius 2 is 1.93 bits per heavy atom. The topological polar surface area (TPSA) is 37.3 Å². The third-order valence-corrected chi connectivity index (χ3v) is 8.94. The Morgan fingerprint density at radius 1 is 1.22 bits per heavy atom. The first-order valence-electron chi connectivity index (χ1n) is 11.2. The standard InChI is InChI=1S/C25H40O2/c1-17(2)7-6-8-18(3)21-13-16-25-15-12-20(23(26)27)9-10-22(25)19(4)11-14-24(21,25)5/h7,18,20-22H,4,6,8-16H2,1-3,5H3,(H,26,27). The second kappa shape index (κ2) is 7.76. The van der Waals surface area contributed by atoms with Crippen LogP contribution in [0.1, 0.15) is 91.9 Å². The minimum absolute atomic E-state index is 0.142. The highest BCUT2D eigenvalue weighted by Gasteiger charge is 2.63. The number of aliphatic carboxylic acids is 1. The molecule has 0 aliphatic heterocycles. The van der Waals surface area contributed by atoms with E-state index in [0.29, 0.717) is 16.7 Å². The molecule has 3 rings (SSSR count). The predicted octanol–water partition coefficient (Wildman–Crippen LogP) is 7.01. The number of carboxylic acid groups (broad SMARTS) is 1. The first-order valence-corrected chi connectivity index (χ1v) is 11.2. The van der Waals surface area contributed by atoms with Gasteiger partial charge in [0, 0.05) is 0 Å². The van der Waals surface area contributed by atoms with E-state index in [-0.39, 0.29) is 5.92 Å². The summed E-state index contributed by atoms with van der Waals surface area (Å²) in [6.45, 7) is 13.9. The zero-order chi connectivity index (χ0) is 19.8. The van der Waals surface area contributed by atoms with Gasteiger partial charge in [-0.1, -0.05) is 37.6 Å². The van der Waals surface area contributed by atoms with Crippen molar-refractivity contribution in [1.29, 1.82) is 0 Å². The maximum atomic E-state index is 11.7. The molecular formula is C25H40O2. The molecular weight excluding hydrogens is 332 g/mol. The van der Waals surface area contributed by atoms with Crippen LogP contribution in [0.3, 0.4) is 0 Å². The molecule has 1 spiro atoms. The van der Waals surface area contributed by atoms with Crippen molar-refractivity contribution in [3.8, 4) is 0 Å². The first-order chi connectivity index (χ1) is 12.7. The van der Waals surface area contributed by atoms with Crippen molar-refractivity contribution in [3.05, 3.63) is 23.8 Å². The molecule has 0 saturated heterocycles. The van der Waals surface area contributed by atoms with Gasteiger partial charge >= 0.3 is 5.97 Å². The summed E-state index contributed by atoms with van der Waals surface area (Å²) in [6.07, 6.45) is 13.8. The van der Waals surface area contributed by atoms with Crippen LogP contribution in [-0.4, -0.2) is 11.1 Å². The maximum Gasteiger partial charge on any atom is 0.306 e. The van der Waals surface area contributed by atoms with E-state index < -0.39 is 5.97 Å². The molecule has 0 amide bonds. The van der Waals surface area contributed by atoms with Gasteiger partial charge in [-0.25, -0.2) is 0 Å². The molecule has 6 atom stereocenters. The normalized spacial score (nSPS) is 39.9. The number of carbonyl (C=O) groups is 1. The van der Waals surface area contributed by atoms with E-state index in [2.05, 4.69) is 40.3 Å². The van der Waals surface area contributed by atoms with Crippen molar-refractivity contribution in [2.24, 2.45) is 34.5 Å². The van der Waals surface area contributed by atoms with Gasteiger partial charge in [0.1, 0.15) is 0 Å². The van der Waals surface area contributed by atoms with Crippen LogP contribution in [0.4, 0.5) is 0 Å². The van der Waals surface area contributed by atoms with E-state index in [9.17, 15) is 9.90 Å². The molecule has 0 radical (unpaired) electrons. The van der Waals surface area contributed by atoms with Gasteiger partial charge < -0.3 is 5.11 Å². The molecule has 3 aliphatic carbocycles. The summed E-state index contributed by atoms with van der Waals surface area (Å²) < 4.78 is 0. The summed E-state index contributed by atoms with van der Waals surface area (Å²) in [5.74, 6) is 1.35. The van der Waals surface area contributed by atoms with Crippen molar-refractivity contribution in [2.45, 2.75) is 91.9 Å². The fraction of sp³-hybridized carbons (Fsp3) is 0.800. The van der Waals surface area contributed by atoms with Gasteiger partial charge in [-0.15, -0.1) is 0 Å². The Bertz CT molecular complexity index is 614. The minimum atomic E-state index is -0.581. The lowest BCUT2D eigenvalue weighted by atomic mass is 9.48. The number of rotatable bonds is 5. The van der Waals surface area contributed by atoms with Crippen molar-refractivity contribution < 1.29 is 9.90 Å². The van der Waals surface area contributed by atoms with E-state index in [1.54, 1.807) is 0 Å². The monoisotopic (exact) mass is 372 g/mol. The quantitative estimate of drug-likeness (QED) is 0.527. The minimum Gasteiger partial charge on any atom is -0.481 e. The summed E-state index contributed by atoms with van der Waals surface area (Å²) in [6, 6.07) is 0. The van der Waals surface area contributed by atoms with Gasteiger partial charge in [-0.05, 0) is 107 Å². The average Bonchev–Trinajstić information content (AvgIpc) is 2.76. The number of carboxylic acids is 1. The number of hydrogen-bond donors (Lipinski definition) is 1. The van der Waals surface area contributed by atoms with E-state index in [0.717, 1.165) is 43.9 Å². The van der Waals surface area contributed by atoms with Gasteiger partial charge in [0.2, 0.25) is 0 Å². The molecule has 3 fully saturated rings. The van der Waals surface area contributed by atoms with Gasteiger partial charge in [0.15, 0.2) is 0 Å². The molecule has 0 aromatic rings. The zero-order valence-corrected chi connectivity index (χ0v) is 18.0. The lowest BCUT2D eigenvalue weighted by molar-refractivity contribution is -0.142. The molecule has 1 N–H and O–H groups in total. The fourth-order valence-corrected chi connectivity index (χ4v) is 7.38. The third kappa shape index (κ3) is 3.54. The second-order valence-corrected chi connectivity index (χ2v) is 10.4. The SMILES string of the molecule is C=C1CCC2(C)C(C(C)CCC=C(C)C)CCC23CCC(C(=O)O)CCC13. The van der Waals surface area contributed by atoms with E-state index in [1.807, 2.05) is 0 Å². The molecule has 3 aliphatic rings. The van der Waals surface area contributed by atoms with Crippen LogP contribution in [0.15, 0.2) is 23.8 Å². The van der Waals surface area contributed by atoms with Crippen LogP contribution < -0.4 is 0 Å². The van der Waals surface area contributed by atoms with Crippen molar-refractivity contribution >= 4 is 5.97 Å². The Labute approximate surface area is 166 Å². The van der Waals surface area contributed by atoms with Crippen molar-refractivity contribution in [3.63, 3.8) is 0 Å². The summed E-state index contributed by atoms with van der Waals surface area (Å²) in [5.41, 5.74) is 3.52. The van der Waals surface area contributed by atoms with Crippen molar-refractivity contribution in [1.82, 2.24) is 0 Å². The van der Waals surface area contributed by atoms with E-state index in [1.165, 1.54) is 43.3 Å². The molecule has 0 heterocycles. The third-order valence-electron chi connectivity index (χ3n) is 8.94. The van der Waals surface area contributed by atoms with Gasteiger partial charge in [-0.2, -0.15) is 0 Å². The molecule has 6 unspecified atom stereocenters. The Balaban J connectivity index is 1.85. The summed E-state index contributed by atoms with van der Waals surface area (Å²) in [4.78, 5) is 11.7. The first kappa shape index (κ1) is 20.7. The zero-order valence-electron chi connectivity index (χ0n) is 18.0. The van der Waals surface area contributed by atoms with Crippen LogP contribution in [0.25, 0.3) is 0 Å². The van der Waals surface area contributed by atoms with Crippen molar-refractivity contribution in [2.75, 3.05) is 0 Å². The predicted molar refractivity (Wildman–Crippen MR) is 113 cm³/mol.